The normalized spacial score (nSPS) is 14.6. The average molecular weight is 642 g/mol. The molecule has 4 aromatic heterocycles. The van der Waals surface area contributed by atoms with E-state index in [1.54, 1.807) is 15.8 Å². The number of carbonyl (C=O) groups is 1. The van der Waals surface area contributed by atoms with Crippen LogP contribution in [0.5, 0.6) is 5.75 Å². The first-order chi connectivity index (χ1) is 22.3. The molecular weight excluding hydrogens is 612 g/mol. The Labute approximate surface area is 266 Å². The van der Waals surface area contributed by atoms with Gasteiger partial charge >= 0.3 is 0 Å². The summed E-state index contributed by atoms with van der Waals surface area (Å²) in [6.45, 7) is 6.77. The lowest BCUT2D eigenvalue weighted by Crippen LogP contribution is -2.40. The first-order valence-corrected chi connectivity index (χ1v) is 15.4. The number of benzene rings is 2. The number of hydrogen-bond acceptors (Lipinski definition) is 8. The lowest BCUT2D eigenvalue weighted by Gasteiger charge is -2.33. The van der Waals surface area contributed by atoms with Crippen LogP contribution in [0.25, 0.3) is 54.8 Å². The number of hydrogen-bond donors (Lipinski definition) is 0. The van der Waals surface area contributed by atoms with Crippen molar-refractivity contribution in [3.63, 3.8) is 0 Å². The van der Waals surface area contributed by atoms with Crippen LogP contribution in [0.15, 0.2) is 61.4 Å². The van der Waals surface area contributed by atoms with Gasteiger partial charge in [-0.2, -0.15) is 14.6 Å². The van der Waals surface area contributed by atoms with Gasteiger partial charge in [0.05, 0.1) is 46.4 Å². The van der Waals surface area contributed by atoms with E-state index in [1.165, 1.54) is 24.7 Å². The van der Waals surface area contributed by atoms with Gasteiger partial charge in [-0.05, 0) is 36.7 Å². The van der Waals surface area contributed by atoms with Crippen LogP contribution < -0.4 is 4.74 Å². The van der Waals surface area contributed by atoms with E-state index < -0.39 is 11.6 Å². The van der Waals surface area contributed by atoms with Crippen LogP contribution in [0.3, 0.4) is 0 Å². The van der Waals surface area contributed by atoms with E-state index >= 15 is 4.39 Å². The first kappa shape index (κ1) is 29.7. The molecule has 13 heteroatoms. The number of methoxy groups -OCH3 is 1. The van der Waals surface area contributed by atoms with Crippen molar-refractivity contribution in [3.05, 3.63) is 78.8 Å². The number of aromatic nitrogens is 6. The maximum atomic E-state index is 16.0. The highest BCUT2D eigenvalue weighted by Crippen LogP contribution is 2.46. The minimum atomic E-state index is -0.814. The molecule has 0 fully saturated rings. The number of nitrogens with zero attached hydrogens (tertiary/aromatic N) is 7. The Hall–Kier alpha value is -5.01. The van der Waals surface area contributed by atoms with Gasteiger partial charge in [0.15, 0.2) is 0 Å². The molecule has 7 rings (SSSR count). The molecule has 1 aliphatic heterocycles. The monoisotopic (exact) mass is 641 g/mol. The Morgan fingerprint density at radius 2 is 1.96 bits per heavy atom. The zero-order chi connectivity index (χ0) is 32.1. The van der Waals surface area contributed by atoms with Crippen LogP contribution in [0.4, 0.5) is 8.78 Å². The summed E-state index contributed by atoms with van der Waals surface area (Å²) in [7, 11) is 3.38. The Bertz CT molecular complexity index is 2150. The van der Waals surface area contributed by atoms with Crippen LogP contribution in [0.2, 0.25) is 0 Å². The van der Waals surface area contributed by atoms with Crippen molar-refractivity contribution in [2.75, 3.05) is 26.9 Å². The van der Waals surface area contributed by atoms with Crippen LogP contribution >= 0.6 is 11.5 Å². The lowest BCUT2D eigenvalue weighted by molar-refractivity contribution is -0.129. The molecule has 10 nitrogen and oxygen atoms in total. The molecule has 0 bridgehead atoms. The van der Waals surface area contributed by atoms with Crippen LogP contribution in [-0.4, -0.2) is 66.6 Å². The van der Waals surface area contributed by atoms with Gasteiger partial charge in [-0.15, -0.1) is 0 Å². The molecule has 0 saturated heterocycles. The molecule has 6 aromatic rings. The topological polar surface area (TPSA) is 100 Å². The van der Waals surface area contributed by atoms with E-state index in [2.05, 4.69) is 16.1 Å². The van der Waals surface area contributed by atoms with Gasteiger partial charge in [0.25, 0.3) is 0 Å². The number of aryl methyl sites for hydroxylation is 1. The fourth-order valence-electron chi connectivity index (χ4n) is 6.03. The molecule has 0 radical (unpaired) electrons. The van der Waals surface area contributed by atoms with Crippen molar-refractivity contribution in [2.24, 2.45) is 7.05 Å². The molecule has 0 N–H and O–H groups in total. The number of halogens is 2. The number of carbonyl (C=O) groups excluding carboxylic acids is 1. The van der Waals surface area contributed by atoms with Gasteiger partial charge in [-0.1, -0.05) is 18.7 Å². The minimum Gasteiger partial charge on any atom is -0.490 e. The predicted molar refractivity (Wildman–Crippen MR) is 171 cm³/mol. The number of fused-ring (bicyclic) bond motifs is 3. The van der Waals surface area contributed by atoms with E-state index in [0.717, 1.165) is 34.3 Å². The van der Waals surface area contributed by atoms with E-state index in [1.807, 2.05) is 49.1 Å². The molecule has 1 aliphatic rings. The Morgan fingerprint density at radius 1 is 1.11 bits per heavy atom. The zero-order valence-electron chi connectivity index (χ0n) is 25.3. The molecule has 1 amide bonds. The van der Waals surface area contributed by atoms with Crippen LogP contribution in [0.1, 0.15) is 18.7 Å². The Kier molecular flexibility index (Phi) is 7.57. The molecule has 1 atom stereocenters. The van der Waals surface area contributed by atoms with E-state index in [0.29, 0.717) is 45.8 Å². The highest BCUT2D eigenvalue weighted by Gasteiger charge is 2.31. The third kappa shape index (κ3) is 5.01. The fraction of sp³-hybridized carbons (Fsp3) is 0.242. The quantitative estimate of drug-likeness (QED) is 0.145. The second kappa shape index (κ2) is 11.7. The second-order valence-electron chi connectivity index (χ2n) is 11.0. The molecule has 0 saturated carbocycles. The first-order valence-electron chi connectivity index (χ1n) is 14.6. The Balaban J connectivity index is 1.50. The zero-order valence-corrected chi connectivity index (χ0v) is 26.1. The molecule has 5 heterocycles. The smallest absolute Gasteiger partial charge is 0.246 e. The van der Waals surface area contributed by atoms with Gasteiger partial charge in [0, 0.05) is 67.1 Å². The summed E-state index contributed by atoms with van der Waals surface area (Å²) >= 11 is 1.23. The molecule has 46 heavy (non-hydrogen) atoms. The van der Waals surface area contributed by atoms with Gasteiger partial charge in [-0.3, -0.25) is 14.2 Å². The van der Waals surface area contributed by atoms with Gasteiger partial charge in [0.1, 0.15) is 35.4 Å². The van der Waals surface area contributed by atoms with Crippen molar-refractivity contribution in [1.82, 2.24) is 33.8 Å². The van der Waals surface area contributed by atoms with Crippen molar-refractivity contribution in [2.45, 2.75) is 19.5 Å². The summed E-state index contributed by atoms with van der Waals surface area (Å²) in [5, 5.41) is 11.1. The van der Waals surface area contributed by atoms with Gasteiger partial charge < -0.3 is 14.4 Å². The molecule has 0 unspecified atom stereocenters. The summed E-state index contributed by atoms with van der Waals surface area (Å²) in [5.41, 5.74) is 4.24. The summed E-state index contributed by atoms with van der Waals surface area (Å²) in [5.74, 6) is -1.76. The second-order valence-corrected chi connectivity index (χ2v) is 11.8. The number of pyridine rings is 1. The van der Waals surface area contributed by atoms with Gasteiger partial charge in [0.2, 0.25) is 5.91 Å². The number of rotatable bonds is 8. The molecule has 0 aliphatic carbocycles. The van der Waals surface area contributed by atoms with Crippen LogP contribution in [0, 0.1) is 11.6 Å². The third-order valence-corrected chi connectivity index (χ3v) is 8.99. The van der Waals surface area contributed by atoms with Gasteiger partial charge in [-0.25, -0.2) is 13.8 Å². The van der Waals surface area contributed by atoms with E-state index in [-0.39, 0.29) is 36.5 Å². The summed E-state index contributed by atoms with van der Waals surface area (Å²) in [6.07, 6.45) is 4.89. The molecule has 2 aromatic carbocycles. The molecule has 0 spiro atoms. The van der Waals surface area contributed by atoms with Crippen molar-refractivity contribution in [1.29, 1.82) is 0 Å². The standard InChI is InChI=1S/C33H29F2N7O3S/c1-5-28(43)41-8-9-42-26(18(41)2)15-25(39-42)32-29(30-23(35)13-21(34)14-27(30)45-11-10-44-4)22-16-36-46-33(22)31(37-32)19-6-7-20-17-40(3)38-24(20)12-19/h5-7,12-18H,1,8-11H2,2-4H3/t18-/m1/s1. The maximum absolute atomic E-state index is 16.0. The lowest BCUT2D eigenvalue weighted by atomic mass is 9.95. The van der Waals surface area contributed by atoms with Crippen molar-refractivity contribution < 1.29 is 23.0 Å². The van der Waals surface area contributed by atoms with E-state index in [4.69, 9.17) is 19.6 Å². The number of ether oxygens (including phenoxy) is 2. The van der Waals surface area contributed by atoms with Crippen LogP contribution in [-0.2, 0) is 23.1 Å². The summed E-state index contributed by atoms with van der Waals surface area (Å²) in [6, 6.07) is 9.45. The SMILES string of the molecule is C=CC(=O)N1CCn2nc(-c3nc(-c4ccc5cn(C)nc5c4)c4sncc4c3-c3c(F)cc(F)cc3OCCOC)cc2[C@H]1C. The highest BCUT2D eigenvalue weighted by molar-refractivity contribution is 7.14. The van der Waals surface area contributed by atoms with E-state index in [9.17, 15) is 9.18 Å². The summed E-state index contributed by atoms with van der Waals surface area (Å²) in [4.78, 5) is 19.5. The largest absolute Gasteiger partial charge is 0.490 e. The average Bonchev–Trinajstić information content (AvgIpc) is 3.78. The number of amides is 1. The Morgan fingerprint density at radius 3 is 2.76 bits per heavy atom. The molecule has 234 valence electrons. The van der Waals surface area contributed by atoms with Crippen molar-refractivity contribution in [3.8, 4) is 39.5 Å². The fourth-order valence-corrected chi connectivity index (χ4v) is 6.80. The summed E-state index contributed by atoms with van der Waals surface area (Å²) < 4.78 is 50.4. The molecular formula is C33H29F2N7O3S. The predicted octanol–water partition coefficient (Wildman–Crippen LogP) is 6.17. The third-order valence-electron chi connectivity index (χ3n) is 8.18. The highest BCUT2D eigenvalue weighted by atomic mass is 32.1. The minimum absolute atomic E-state index is 0.00727. The maximum Gasteiger partial charge on any atom is 0.246 e. The van der Waals surface area contributed by atoms with Crippen molar-refractivity contribution >= 4 is 38.4 Å².